The summed E-state index contributed by atoms with van der Waals surface area (Å²) in [5.41, 5.74) is 0.524. The van der Waals surface area contributed by atoms with Gasteiger partial charge in [0.25, 0.3) is 5.91 Å². The molecule has 0 radical (unpaired) electrons. The van der Waals surface area contributed by atoms with E-state index in [1.54, 1.807) is 25.4 Å². The fourth-order valence-electron chi connectivity index (χ4n) is 2.11. The molecule has 2 rings (SSSR count). The maximum Gasteiger partial charge on any atom is 0.251 e. The van der Waals surface area contributed by atoms with Gasteiger partial charge in [0.15, 0.2) is 11.5 Å². The number of hydrogen-bond donors (Lipinski definition) is 1. The molecule has 6 nitrogen and oxygen atoms in total. The lowest BCUT2D eigenvalue weighted by molar-refractivity contribution is 0.0952. The van der Waals surface area contributed by atoms with E-state index in [1.165, 1.54) is 0 Å². The van der Waals surface area contributed by atoms with Crippen molar-refractivity contribution in [3.8, 4) is 11.5 Å². The van der Waals surface area contributed by atoms with Crippen LogP contribution in [0.2, 0.25) is 0 Å². The number of nitrogens with zero attached hydrogens (tertiary/aromatic N) is 2. The molecule has 0 saturated carbocycles. The number of carbonyl (C=O) groups is 1. The molecule has 1 aromatic heterocycles. The normalized spacial score (nSPS) is 10.4. The largest absolute Gasteiger partial charge is 0.493 e. The summed E-state index contributed by atoms with van der Waals surface area (Å²) >= 11 is 3.42. The van der Waals surface area contributed by atoms with Gasteiger partial charge >= 0.3 is 0 Å². The molecular formula is C16H20BrN3O3. The minimum Gasteiger partial charge on any atom is -0.493 e. The molecular weight excluding hydrogens is 362 g/mol. The van der Waals surface area contributed by atoms with Gasteiger partial charge in [0.1, 0.15) is 0 Å². The maximum absolute atomic E-state index is 12.2. The highest BCUT2D eigenvalue weighted by Gasteiger charge is 2.15. The molecule has 7 heteroatoms. The third kappa shape index (κ3) is 4.72. The number of aromatic nitrogens is 2. The average molecular weight is 382 g/mol. The Labute approximate surface area is 143 Å². The zero-order valence-electron chi connectivity index (χ0n) is 13.2. The Balaban J connectivity index is 1.94. The Bertz CT molecular complexity index is 644. The monoisotopic (exact) mass is 381 g/mol. The lowest BCUT2D eigenvalue weighted by Gasteiger charge is -2.13. The molecule has 124 valence electrons. The second-order valence-corrected chi connectivity index (χ2v) is 5.66. The summed E-state index contributed by atoms with van der Waals surface area (Å²) in [4.78, 5) is 12.2. The number of amides is 1. The standard InChI is InChI=1S/C16H20BrN3O3/c1-3-23-15-13(17)10-12(11-14(15)22-2)16(21)18-6-4-8-20-9-5-7-19-20/h5,7,9-11H,3-4,6,8H2,1-2H3,(H,18,21). The van der Waals surface area contributed by atoms with E-state index >= 15 is 0 Å². The van der Waals surface area contributed by atoms with Crippen molar-refractivity contribution in [1.82, 2.24) is 15.1 Å². The van der Waals surface area contributed by atoms with Gasteiger partial charge in [-0.15, -0.1) is 0 Å². The van der Waals surface area contributed by atoms with Crippen LogP contribution in [0.15, 0.2) is 35.1 Å². The van der Waals surface area contributed by atoms with Gasteiger partial charge in [0.2, 0.25) is 0 Å². The summed E-state index contributed by atoms with van der Waals surface area (Å²) in [6.45, 7) is 3.76. The molecule has 2 aromatic rings. The van der Waals surface area contributed by atoms with E-state index in [9.17, 15) is 4.79 Å². The van der Waals surface area contributed by atoms with E-state index in [-0.39, 0.29) is 5.91 Å². The van der Waals surface area contributed by atoms with Crippen LogP contribution in [0.5, 0.6) is 11.5 Å². The number of aryl methyl sites for hydroxylation is 1. The van der Waals surface area contributed by atoms with Crippen LogP contribution in [-0.4, -0.2) is 35.9 Å². The van der Waals surface area contributed by atoms with E-state index in [4.69, 9.17) is 9.47 Å². The summed E-state index contributed by atoms with van der Waals surface area (Å²) in [5, 5.41) is 7.01. The van der Waals surface area contributed by atoms with Crippen LogP contribution >= 0.6 is 15.9 Å². The molecule has 1 heterocycles. The minimum absolute atomic E-state index is 0.146. The van der Waals surface area contributed by atoms with E-state index in [0.717, 1.165) is 13.0 Å². The third-order valence-electron chi connectivity index (χ3n) is 3.19. The summed E-state index contributed by atoms with van der Waals surface area (Å²) < 4.78 is 13.3. The second kappa shape index (κ2) is 8.57. The molecule has 0 aliphatic heterocycles. The molecule has 23 heavy (non-hydrogen) atoms. The number of carbonyl (C=O) groups excluding carboxylic acids is 1. The molecule has 0 unspecified atom stereocenters. The number of halogens is 1. The zero-order chi connectivity index (χ0) is 16.7. The van der Waals surface area contributed by atoms with Crippen LogP contribution in [0.1, 0.15) is 23.7 Å². The van der Waals surface area contributed by atoms with Crippen LogP contribution < -0.4 is 14.8 Å². The summed E-state index contributed by atoms with van der Waals surface area (Å²) in [6, 6.07) is 5.29. The van der Waals surface area contributed by atoms with Gasteiger partial charge in [-0.1, -0.05) is 0 Å². The van der Waals surface area contributed by atoms with Crippen LogP contribution in [0.25, 0.3) is 0 Å². The van der Waals surface area contributed by atoms with Crippen LogP contribution in [0.4, 0.5) is 0 Å². The summed E-state index contributed by atoms with van der Waals surface area (Å²) in [7, 11) is 1.55. The number of hydrogen-bond acceptors (Lipinski definition) is 4. The number of nitrogens with one attached hydrogen (secondary N) is 1. The lowest BCUT2D eigenvalue weighted by atomic mass is 10.2. The van der Waals surface area contributed by atoms with Gasteiger partial charge in [0.05, 0.1) is 18.2 Å². The van der Waals surface area contributed by atoms with Crippen molar-refractivity contribution in [2.45, 2.75) is 19.9 Å². The van der Waals surface area contributed by atoms with Crippen LogP contribution in [0, 0.1) is 0 Å². The Hall–Kier alpha value is -2.02. The first-order valence-corrected chi connectivity index (χ1v) is 8.21. The van der Waals surface area contributed by atoms with Crippen molar-refractivity contribution in [1.29, 1.82) is 0 Å². The molecule has 1 amide bonds. The Kier molecular flexibility index (Phi) is 6.46. The first kappa shape index (κ1) is 17.3. The predicted octanol–water partition coefficient (Wildman–Crippen LogP) is 2.87. The highest BCUT2D eigenvalue weighted by molar-refractivity contribution is 9.10. The van der Waals surface area contributed by atoms with E-state index < -0.39 is 0 Å². The molecule has 0 fully saturated rings. The maximum atomic E-state index is 12.2. The molecule has 0 aliphatic rings. The smallest absolute Gasteiger partial charge is 0.251 e. The summed E-state index contributed by atoms with van der Waals surface area (Å²) in [5.74, 6) is 0.987. The Morgan fingerprint density at radius 1 is 1.43 bits per heavy atom. The first-order chi connectivity index (χ1) is 11.2. The number of methoxy groups -OCH3 is 1. The van der Waals surface area contributed by atoms with Gasteiger partial charge in [-0.05, 0) is 47.5 Å². The van der Waals surface area contributed by atoms with Gasteiger partial charge in [-0.2, -0.15) is 5.10 Å². The first-order valence-electron chi connectivity index (χ1n) is 7.41. The molecule has 0 saturated heterocycles. The highest BCUT2D eigenvalue weighted by atomic mass is 79.9. The molecule has 0 bridgehead atoms. The van der Waals surface area contributed by atoms with Gasteiger partial charge in [-0.25, -0.2) is 0 Å². The van der Waals surface area contributed by atoms with Crippen molar-refractivity contribution in [3.05, 3.63) is 40.6 Å². The fraction of sp³-hybridized carbons (Fsp3) is 0.375. The third-order valence-corrected chi connectivity index (χ3v) is 3.78. The minimum atomic E-state index is -0.146. The number of benzene rings is 1. The molecule has 0 aliphatic carbocycles. The molecule has 1 aromatic carbocycles. The van der Waals surface area contributed by atoms with Crippen molar-refractivity contribution in [2.24, 2.45) is 0 Å². The van der Waals surface area contributed by atoms with Gasteiger partial charge in [-0.3, -0.25) is 9.48 Å². The molecule has 0 spiro atoms. The van der Waals surface area contributed by atoms with Crippen molar-refractivity contribution >= 4 is 21.8 Å². The van der Waals surface area contributed by atoms with Crippen LogP contribution in [-0.2, 0) is 6.54 Å². The summed E-state index contributed by atoms with van der Waals surface area (Å²) in [6.07, 6.45) is 4.45. The van der Waals surface area contributed by atoms with E-state index in [2.05, 4.69) is 26.3 Å². The van der Waals surface area contributed by atoms with Crippen molar-refractivity contribution in [2.75, 3.05) is 20.3 Å². The average Bonchev–Trinajstić information content (AvgIpc) is 3.06. The van der Waals surface area contributed by atoms with Crippen LogP contribution in [0.3, 0.4) is 0 Å². The Morgan fingerprint density at radius 2 is 2.26 bits per heavy atom. The second-order valence-electron chi connectivity index (χ2n) is 4.80. The predicted molar refractivity (Wildman–Crippen MR) is 91.0 cm³/mol. The molecule has 0 atom stereocenters. The fourth-order valence-corrected chi connectivity index (χ4v) is 2.67. The van der Waals surface area contributed by atoms with Crippen molar-refractivity contribution in [3.63, 3.8) is 0 Å². The van der Waals surface area contributed by atoms with Gasteiger partial charge < -0.3 is 14.8 Å². The van der Waals surface area contributed by atoms with E-state index in [0.29, 0.717) is 34.7 Å². The van der Waals surface area contributed by atoms with Crippen molar-refractivity contribution < 1.29 is 14.3 Å². The van der Waals surface area contributed by atoms with Gasteiger partial charge in [0, 0.05) is 31.0 Å². The zero-order valence-corrected chi connectivity index (χ0v) is 14.8. The Morgan fingerprint density at radius 3 is 2.91 bits per heavy atom. The quantitative estimate of drug-likeness (QED) is 0.714. The SMILES string of the molecule is CCOc1c(Br)cc(C(=O)NCCCn2cccn2)cc1OC. The highest BCUT2D eigenvalue weighted by Crippen LogP contribution is 2.36. The number of rotatable bonds is 8. The van der Waals surface area contributed by atoms with E-state index in [1.807, 2.05) is 23.9 Å². The topological polar surface area (TPSA) is 65.4 Å². The molecule has 1 N–H and O–H groups in total. The lowest BCUT2D eigenvalue weighted by Crippen LogP contribution is -2.25. The number of ether oxygens (including phenoxy) is 2.